The Hall–Kier alpha value is -0.810. The molecule has 1 unspecified atom stereocenters. The van der Waals surface area contributed by atoms with Gasteiger partial charge in [0.15, 0.2) is 0 Å². The van der Waals surface area contributed by atoms with Gasteiger partial charge in [-0.05, 0) is 13.3 Å². The number of hydrogen-bond acceptors (Lipinski definition) is 3. The summed E-state index contributed by atoms with van der Waals surface area (Å²) in [5.74, 6) is 6.81. The molecule has 1 atom stereocenters. The summed E-state index contributed by atoms with van der Waals surface area (Å²) < 4.78 is 5.13. The van der Waals surface area contributed by atoms with E-state index in [1.54, 1.807) is 7.11 Å². The first-order chi connectivity index (χ1) is 6.81. The van der Waals surface area contributed by atoms with E-state index in [4.69, 9.17) is 10.6 Å². The standard InChI is InChI=1S/C9H20N4O/c1-3-11-9(12-10)13-5-4-8(6-13)7-14-2/h8H,3-7,10H2,1-2H3,(H,11,12). The van der Waals surface area contributed by atoms with Crippen molar-refractivity contribution in [3.8, 4) is 0 Å². The Morgan fingerprint density at radius 3 is 3.07 bits per heavy atom. The molecule has 82 valence electrons. The molecule has 3 N–H and O–H groups in total. The maximum absolute atomic E-state index is 5.40. The van der Waals surface area contributed by atoms with Crippen LogP contribution in [0.2, 0.25) is 0 Å². The van der Waals surface area contributed by atoms with Gasteiger partial charge in [-0.15, -0.1) is 0 Å². The van der Waals surface area contributed by atoms with Gasteiger partial charge in [-0.3, -0.25) is 10.4 Å². The molecule has 0 spiro atoms. The van der Waals surface area contributed by atoms with Gasteiger partial charge in [0, 0.05) is 32.7 Å². The Bertz CT molecular complexity index is 195. The summed E-state index contributed by atoms with van der Waals surface area (Å²) in [4.78, 5) is 6.46. The molecule has 1 heterocycles. The highest BCUT2D eigenvalue weighted by molar-refractivity contribution is 5.79. The quantitative estimate of drug-likeness (QED) is 0.286. The molecule has 1 aliphatic heterocycles. The number of likely N-dealkylation sites (tertiary alicyclic amines) is 1. The van der Waals surface area contributed by atoms with E-state index in [1.165, 1.54) is 0 Å². The van der Waals surface area contributed by atoms with Crippen molar-refractivity contribution in [2.75, 3.05) is 33.4 Å². The van der Waals surface area contributed by atoms with Gasteiger partial charge in [0.25, 0.3) is 0 Å². The van der Waals surface area contributed by atoms with Gasteiger partial charge in [0.05, 0.1) is 6.61 Å². The Balaban J connectivity index is 2.43. The van der Waals surface area contributed by atoms with Crippen LogP contribution in [0.25, 0.3) is 0 Å². The van der Waals surface area contributed by atoms with Crippen molar-refractivity contribution in [1.82, 2.24) is 10.3 Å². The van der Waals surface area contributed by atoms with Crippen LogP contribution in [0.5, 0.6) is 0 Å². The molecule has 0 amide bonds. The summed E-state index contributed by atoms with van der Waals surface area (Å²) in [7, 11) is 1.74. The van der Waals surface area contributed by atoms with Crippen LogP contribution in [0, 0.1) is 5.92 Å². The van der Waals surface area contributed by atoms with Crippen molar-refractivity contribution in [3.05, 3.63) is 0 Å². The fourth-order valence-electron chi connectivity index (χ4n) is 1.78. The smallest absolute Gasteiger partial charge is 0.208 e. The Labute approximate surface area is 85.3 Å². The van der Waals surface area contributed by atoms with E-state index in [2.05, 4.69) is 15.3 Å². The van der Waals surface area contributed by atoms with Crippen LogP contribution in [0.15, 0.2) is 4.99 Å². The third kappa shape index (κ3) is 2.85. The van der Waals surface area contributed by atoms with Gasteiger partial charge in [0.2, 0.25) is 5.96 Å². The van der Waals surface area contributed by atoms with E-state index in [-0.39, 0.29) is 0 Å². The van der Waals surface area contributed by atoms with Crippen LogP contribution in [0.1, 0.15) is 13.3 Å². The topological polar surface area (TPSA) is 62.9 Å². The maximum atomic E-state index is 5.40. The van der Waals surface area contributed by atoms with Gasteiger partial charge >= 0.3 is 0 Å². The molecule has 1 rings (SSSR count). The number of guanidine groups is 1. The highest BCUT2D eigenvalue weighted by Crippen LogP contribution is 2.15. The molecule has 0 saturated carbocycles. The average molecular weight is 200 g/mol. The fraction of sp³-hybridized carbons (Fsp3) is 0.889. The van der Waals surface area contributed by atoms with Crippen LogP contribution in [0.4, 0.5) is 0 Å². The summed E-state index contributed by atoms with van der Waals surface area (Å²) >= 11 is 0. The lowest BCUT2D eigenvalue weighted by Crippen LogP contribution is -2.43. The Morgan fingerprint density at radius 1 is 1.71 bits per heavy atom. The minimum Gasteiger partial charge on any atom is -0.384 e. The van der Waals surface area contributed by atoms with E-state index in [0.29, 0.717) is 5.92 Å². The van der Waals surface area contributed by atoms with Crippen molar-refractivity contribution >= 4 is 5.96 Å². The minimum absolute atomic E-state index is 0.607. The molecule has 5 heteroatoms. The Kier molecular flexibility index (Phi) is 4.69. The average Bonchev–Trinajstić information content (AvgIpc) is 2.63. The number of nitrogens with zero attached hydrogens (tertiary/aromatic N) is 2. The van der Waals surface area contributed by atoms with Gasteiger partial charge < -0.3 is 9.64 Å². The van der Waals surface area contributed by atoms with Crippen molar-refractivity contribution in [3.63, 3.8) is 0 Å². The highest BCUT2D eigenvalue weighted by Gasteiger charge is 2.24. The maximum Gasteiger partial charge on any atom is 0.208 e. The van der Waals surface area contributed by atoms with E-state index < -0.39 is 0 Å². The van der Waals surface area contributed by atoms with Crippen molar-refractivity contribution in [2.45, 2.75) is 13.3 Å². The fourth-order valence-corrected chi connectivity index (χ4v) is 1.78. The van der Waals surface area contributed by atoms with Crippen LogP contribution in [-0.4, -0.2) is 44.2 Å². The molecule has 1 saturated heterocycles. The second-order valence-corrected chi connectivity index (χ2v) is 3.50. The molecule has 0 bridgehead atoms. The first-order valence-corrected chi connectivity index (χ1v) is 5.06. The van der Waals surface area contributed by atoms with Gasteiger partial charge in [-0.2, -0.15) is 0 Å². The number of aliphatic imine (C=N–C) groups is 1. The predicted molar refractivity (Wildman–Crippen MR) is 56.9 cm³/mol. The van der Waals surface area contributed by atoms with Crippen molar-refractivity contribution in [1.29, 1.82) is 0 Å². The molecule has 0 aromatic carbocycles. The summed E-state index contributed by atoms with van der Waals surface area (Å²) in [6.45, 7) is 5.57. The summed E-state index contributed by atoms with van der Waals surface area (Å²) in [6.07, 6.45) is 1.15. The summed E-state index contributed by atoms with van der Waals surface area (Å²) in [5, 5.41) is 0. The molecular formula is C9H20N4O. The summed E-state index contributed by atoms with van der Waals surface area (Å²) in [6, 6.07) is 0. The molecule has 0 aromatic heterocycles. The Morgan fingerprint density at radius 2 is 2.50 bits per heavy atom. The lowest BCUT2D eigenvalue weighted by atomic mass is 10.1. The predicted octanol–water partition coefficient (Wildman–Crippen LogP) is -0.206. The molecule has 1 fully saturated rings. The zero-order valence-corrected chi connectivity index (χ0v) is 8.99. The van der Waals surface area contributed by atoms with E-state index in [1.807, 2.05) is 6.92 Å². The molecule has 1 aliphatic rings. The zero-order chi connectivity index (χ0) is 10.4. The number of nitrogens with two attached hydrogens (primary N) is 1. The largest absolute Gasteiger partial charge is 0.384 e. The SMILES string of the molecule is CCN=C(NN)N1CCC(COC)C1. The lowest BCUT2D eigenvalue weighted by Gasteiger charge is -2.19. The van der Waals surface area contributed by atoms with Crippen LogP contribution < -0.4 is 11.3 Å². The van der Waals surface area contributed by atoms with Gasteiger partial charge in [-0.1, -0.05) is 0 Å². The number of hydrazine groups is 1. The molecular weight excluding hydrogens is 180 g/mol. The van der Waals surface area contributed by atoms with E-state index >= 15 is 0 Å². The highest BCUT2D eigenvalue weighted by atomic mass is 16.5. The normalized spacial score (nSPS) is 22.9. The first-order valence-electron chi connectivity index (χ1n) is 5.06. The number of nitrogens with one attached hydrogen (secondary N) is 1. The van der Waals surface area contributed by atoms with Crippen LogP contribution >= 0.6 is 0 Å². The molecule has 0 radical (unpaired) electrons. The summed E-state index contributed by atoms with van der Waals surface area (Å²) in [5.41, 5.74) is 2.64. The number of rotatable bonds is 3. The number of ether oxygens (including phenoxy) is 1. The molecule has 0 aromatic rings. The first kappa shape index (κ1) is 11.3. The van der Waals surface area contributed by atoms with Crippen LogP contribution in [-0.2, 0) is 4.74 Å². The van der Waals surface area contributed by atoms with E-state index in [9.17, 15) is 0 Å². The molecule has 0 aliphatic carbocycles. The van der Waals surface area contributed by atoms with Gasteiger partial charge in [0.1, 0.15) is 0 Å². The third-order valence-corrected chi connectivity index (χ3v) is 2.42. The van der Waals surface area contributed by atoms with Gasteiger partial charge in [-0.25, -0.2) is 5.84 Å². The number of hydrogen-bond donors (Lipinski definition) is 2. The van der Waals surface area contributed by atoms with Crippen LogP contribution in [0.3, 0.4) is 0 Å². The minimum atomic E-state index is 0.607. The molecule has 14 heavy (non-hydrogen) atoms. The monoisotopic (exact) mass is 200 g/mol. The second kappa shape index (κ2) is 5.82. The van der Waals surface area contributed by atoms with Crippen molar-refractivity contribution < 1.29 is 4.74 Å². The molecule has 5 nitrogen and oxygen atoms in total. The number of methoxy groups -OCH3 is 1. The van der Waals surface area contributed by atoms with E-state index in [0.717, 1.165) is 38.6 Å². The zero-order valence-electron chi connectivity index (χ0n) is 8.99. The second-order valence-electron chi connectivity index (χ2n) is 3.50. The third-order valence-electron chi connectivity index (χ3n) is 2.42. The van der Waals surface area contributed by atoms with Crippen molar-refractivity contribution in [2.24, 2.45) is 16.8 Å². The lowest BCUT2D eigenvalue weighted by molar-refractivity contribution is 0.157.